The van der Waals surface area contributed by atoms with E-state index in [-0.39, 0.29) is 36.0 Å². The first-order chi connectivity index (χ1) is 19.9. The zero-order valence-corrected chi connectivity index (χ0v) is 23.1. The van der Waals surface area contributed by atoms with Crippen molar-refractivity contribution in [1.29, 1.82) is 0 Å². The van der Waals surface area contributed by atoms with Gasteiger partial charge < -0.3 is 21.3 Å². The van der Waals surface area contributed by atoms with Crippen LogP contribution in [0.2, 0.25) is 0 Å². The lowest BCUT2D eigenvalue weighted by Gasteiger charge is -2.52. The molecule has 6 rings (SSSR count). The maximum Gasteiger partial charge on any atom is 0.235 e. The van der Waals surface area contributed by atoms with Crippen molar-refractivity contribution in [1.82, 2.24) is 4.90 Å². The van der Waals surface area contributed by atoms with Crippen molar-refractivity contribution in [2.45, 2.75) is 37.3 Å². The molecule has 0 spiro atoms. The molecule has 0 saturated heterocycles. The number of primary amides is 1. The fraction of sp³-hybridized carbons (Fsp3) is 0.419. The zero-order valence-electron chi connectivity index (χ0n) is 23.1. The summed E-state index contributed by atoms with van der Waals surface area (Å²) in [6, 6.07) is 8.96. The average molecular weight is 574 g/mol. The van der Waals surface area contributed by atoms with Gasteiger partial charge in [0.2, 0.25) is 11.8 Å². The average Bonchev–Trinajstić information content (AvgIpc) is 3.77. The van der Waals surface area contributed by atoms with Crippen molar-refractivity contribution < 1.29 is 39.0 Å². The fourth-order valence-electron chi connectivity index (χ4n) is 7.20. The number of aromatic hydroxyl groups is 1. The number of phenolic OH excluding ortho intramolecular Hbond substituents is 1. The molecule has 2 aromatic rings. The molecular formula is C31H31N3O8. The van der Waals surface area contributed by atoms with E-state index in [1.165, 1.54) is 11.0 Å². The third kappa shape index (κ3) is 4.02. The molecule has 0 bridgehead atoms. The molecule has 6 atom stereocenters. The standard InChI is InChI=1S/C31H31N3O8/c1-34(2)24-19-12-15-11-18-17(13-5-7-16(8-6-13)33-30(41)14-3-4-14)9-10-20(35)22(18)25(36)21(15)27(38)31(19,42)28(39)23(26(24)37)29(32)40/h5-10,14-15,19,21,23-24,35,42H,3-4,11-12H2,1-2H3,(H2,32,40)(H,33,41)/t15-,19-,21?,23?,24?,31-/m1/s1. The Bertz CT molecular complexity index is 1580. The van der Waals surface area contributed by atoms with Crippen LogP contribution in [0.5, 0.6) is 5.75 Å². The van der Waals surface area contributed by atoms with E-state index in [2.05, 4.69) is 5.32 Å². The normalized spacial score (nSPS) is 30.4. The Hall–Kier alpha value is -4.22. The lowest BCUT2D eigenvalue weighted by atomic mass is 9.52. The van der Waals surface area contributed by atoms with Gasteiger partial charge in [0, 0.05) is 17.5 Å². The second-order valence-electron chi connectivity index (χ2n) is 12.1. The second kappa shape index (κ2) is 9.67. The van der Waals surface area contributed by atoms with Crippen LogP contribution in [-0.4, -0.2) is 75.8 Å². The monoisotopic (exact) mass is 573 g/mol. The van der Waals surface area contributed by atoms with Crippen molar-refractivity contribution in [3.05, 3.63) is 47.5 Å². The van der Waals surface area contributed by atoms with Crippen LogP contribution in [0, 0.1) is 29.6 Å². The van der Waals surface area contributed by atoms with Gasteiger partial charge in [0.05, 0.1) is 17.5 Å². The number of carbonyl (C=O) groups excluding carboxylic acids is 6. The Morgan fingerprint density at radius 1 is 1.00 bits per heavy atom. The Labute approximate surface area is 241 Å². The molecule has 0 heterocycles. The molecule has 3 unspecified atom stereocenters. The predicted molar refractivity (Wildman–Crippen MR) is 148 cm³/mol. The van der Waals surface area contributed by atoms with E-state index in [9.17, 15) is 39.0 Å². The Morgan fingerprint density at radius 3 is 2.26 bits per heavy atom. The summed E-state index contributed by atoms with van der Waals surface area (Å²) >= 11 is 0. The van der Waals surface area contributed by atoms with Crippen molar-refractivity contribution in [3.8, 4) is 16.9 Å². The van der Waals surface area contributed by atoms with Gasteiger partial charge in [-0.05, 0) is 80.6 Å². The van der Waals surface area contributed by atoms with Crippen LogP contribution in [0.4, 0.5) is 5.69 Å². The minimum atomic E-state index is -2.76. The van der Waals surface area contributed by atoms with E-state index in [4.69, 9.17) is 5.73 Å². The molecule has 5 N–H and O–H groups in total. The van der Waals surface area contributed by atoms with Gasteiger partial charge in [-0.1, -0.05) is 18.2 Å². The minimum absolute atomic E-state index is 0.0227. The van der Waals surface area contributed by atoms with Gasteiger partial charge in [0.1, 0.15) is 5.75 Å². The van der Waals surface area contributed by atoms with E-state index in [0.29, 0.717) is 16.8 Å². The number of carbonyl (C=O) groups is 6. The van der Waals surface area contributed by atoms with Gasteiger partial charge in [-0.3, -0.25) is 33.7 Å². The SMILES string of the molecule is CN(C)C1C(=O)C(C(N)=O)C(=O)[C@]2(O)C(=O)C3C(=O)c4c(O)ccc(-c5ccc(NC(=O)C6CC6)cc5)c4C[C@@H]3C[C@H]12. The summed E-state index contributed by atoms with van der Waals surface area (Å²) in [7, 11) is 3.09. The number of hydrogen-bond acceptors (Lipinski definition) is 9. The molecule has 3 fully saturated rings. The lowest BCUT2D eigenvalue weighted by molar-refractivity contribution is -0.181. The van der Waals surface area contributed by atoms with Crippen molar-refractivity contribution in [3.63, 3.8) is 0 Å². The van der Waals surface area contributed by atoms with Crippen LogP contribution >= 0.6 is 0 Å². The maximum absolute atomic E-state index is 13.9. The van der Waals surface area contributed by atoms with Gasteiger partial charge in [-0.15, -0.1) is 0 Å². The quantitative estimate of drug-likeness (QED) is 0.377. The molecule has 2 amide bonds. The molecule has 4 aliphatic rings. The summed E-state index contributed by atoms with van der Waals surface area (Å²) in [5.74, 6) is -10.8. The maximum atomic E-state index is 13.9. The number of aliphatic hydroxyl groups is 1. The van der Waals surface area contributed by atoms with E-state index in [1.807, 2.05) is 0 Å². The van der Waals surface area contributed by atoms with E-state index in [1.54, 1.807) is 44.4 Å². The van der Waals surface area contributed by atoms with Gasteiger partial charge in [-0.25, -0.2) is 0 Å². The van der Waals surface area contributed by atoms with Crippen LogP contribution in [0.15, 0.2) is 36.4 Å². The summed E-state index contributed by atoms with van der Waals surface area (Å²) in [4.78, 5) is 80.2. The first kappa shape index (κ1) is 27.9. The number of amides is 2. The Balaban J connectivity index is 1.39. The van der Waals surface area contributed by atoms with Crippen molar-refractivity contribution >= 4 is 40.6 Å². The molecule has 11 nitrogen and oxygen atoms in total. The third-order valence-corrected chi connectivity index (χ3v) is 9.36. The van der Waals surface area contributed by atoms with E-state index in [0.717, 1.165) is 18.4 Å². The van der Waals surface area contributed by atoms with Crippen LogP contribution in [0.3, 0.4) is 0 Å². The van der Waals surface area contributed by atoms with Crippen LogP contribution in [-0.2, 0) is 30.4 Å². The predicted octanol–water partition coefficient (Wildman–Crippen LogP) is 0.883. The van der Waals surface area contributed by atoms with E-state index < -0.39 is 64.4 Å². The number of ketones is 4. The van der Waals surface area contributed by atoms with Crippen LogP contribution in [0.1, 0.15) is 35.2 Å². The fourth-order valence-corrected chi connectivity index (χ4v) is 7.20. The highest BCUT2D eigenvalue weighted by Crippen LogP contribution is 2.51. The molecule has 218 valence electrons. The second-order valence-corrected chi connectivity index (χ2v) is 12.1. The van der Waals surface area contributed by atoms with Gasteiger partial charge in [0.25, 0.3) is 0 Å². The number of hydrogen-bond donors (Lipinski definition) is 4. The first-order valence-corrected chi connectivity index (χ1v) is 14.0. The molecule has 0 aromatic heterocycles. The number of nitrogens with two attached hydrogens (primary N) is 1. The van der Waals surface area contributed by atoms with Crippen molar-refractivity contribution in [2.24, 2.45) is 35.3 Å². The summed E-state index contributed by atoms with van der Waals surface area (Å²) in [6.45, 7) is 0. The number of Topliss-reactive ketones (excluding diaryl/α,β-unsaturated/α-hetero) is 4. The molecular weight excluding hydrogens is 542 g/mol. The number of anilines is 1. The number of nitrogens with zero attached hydrogens (tertiary/aromatic N) is 1. The molecule has 3 saturated carbocycles. The molecule has 42 heavy (non-hydrogen) atoms. The number of phenols is 1. The lowest BCUT2D eigenvalue weighted by Crippen LogP contribution is -2.74. The first-order valence-electron chi connectivity index (χ1n) is 14.0. The largest absolute Gasteiger partial charge is 0.507 e. The highest BCUT2D eigenvalue weighted by Gasteiger charge is 2.69. The van der Waals surface area contributed by atoms with Crippen molar-refractivity contribution in [2.75, 3.05) is 19.4 Å². The van der Waals surface area contributed by atoms with Gasteiger partial charge in [-0.2, -0.15) is 0 Å². The van der Waals surface area contributed by atoms with Crippen LogP contribution < -0.4 is 11.1 Å². The molecule has 4 aliphatic carbocycles. The van der Waals surface area contributed by atoms with Gasteiger partial charge in [0.15, 0.2) is 34.7 Å². The van der Waals surface area contributed by atoms with Crippen LogP contribution in [0.25, 0.3) is 11.1 Å². The third-order valence-electron chi connectivity index (χ3n) is 9.36. The molecule has 0 aliphatic heterocycles. The smallest absolute Gasteiger partial charge is 0.235 e. The van der Waals surface area contributed by atoms with E-state index >= 15 is 0 Å². The molecule has 2 aromatic carbocycles. The highest BCUT2D eigenvalue weighted by atomic mass is 16.3. The molecule has 11 heteroatoms. The minimum Gasteiger partial charge on any atom is -0.507 e. The number of benzene rings is 2. The Kier molecular flexibility index (Phi) is 6.43. The summed E-state index contributed by atoms with van der Waals surface area (Å²) in [5.41, 5.74) is 5.05. The summed E-state index contributed by atoms with van der Waals surface area (Å²) in [5, 5.41) is 25.3. The number of nitrogens with one attached hydrogen (secondary N) is 1. The summed E-state index contributed by atoms with van der Waals surface area (Å²) in [6.07, 6.45) is 1.90. The zero-order chi connectivity index (χ0) is 30.2. The Morgan fingerprint density at radius 2 is 1.67 bits per heavy atom. The highest BCUT2D eigenvalue weighted by molar-refractivity contribution is 6.32. The number of rotatable bonds is 5. The number of likely N-dealkylation sites (N-methyl/N-ethyl adjacent to an activating group) is 1. The molecule has 0 radical (unpaired) electrons. The topological polar surface area (TPSA) is 184 Å². The van der Waals surface area contributed by atoms with Gasteiger partial charge >= 0.3 is 0 Å². The number of fused-ring (bicyclic) bond motifs is 3. The summed E-state index contributed by atoms with van der Waals surface area (Å²) < 4.78 is 0.